The zero-order valence-electron chi connectivity index (χ0n) is 15.0. The third-order valence-electron chi connectivity index (χ3n) is 3.52. The Morgan fingerprint density at radius 3 is 2.84 bits per heavy atom. The number of rotatable bonds is 10. The fourth-order valence-corrected chi connectivity index (χ4v) is 3.40. The highest BCUT2D eigenvalue weighted by molar-refractivity contribution is 7.99. The van der Waals surface area contributed by atoms with Crippen LogP contribution in [-0.2, 0) is 16.0 Å². The van der Waals surface area contributed by atoms with Crippen LogP contribution < -0.4 is 5.56 Å². The molecule has 2 aromatic rings. The second-order valence-corrected chi connectivity index (χ2v) is 7.33. The van der Waals surface area contributed by atoms with E-state index in [4.69, 9.17) is 21.1 Å². The van der Waals surface area contributed by atoms with Gasteiger partial charge in [0.05, 0.1) is 23.6 Å². The largest absolute Gasteiger partial charge is 0.381 e. The Labute approximate surface area is 157 Å². The molecule has 0 atom stereocenters. The fraction of sp³-hybridized carbons (Fsp3) is 0.556. The van der Waals surface area contributed by atoms with Gasteiger partial charge in [-0.25, -0.2) is 4.98 Å². The SMILES string of the molecule is CCOCCSc1nc2cc(Cl)ccc2c(=O)n1CCCOC(C)C. The summed E-state index contributed by atoms with van der Waals surface area (Å²) in [7, 11) is 0. The van der Waals surface area contributed by atoms with Crippen molar-refractivity contribution < 1.29 is 9.47 Å². The average Bonchev–Trinajstić information content (AvgIpc) is 2.57. The predicted molar refractivity (Wildman–Crippen MR) is 104 cm³/mol. The van der Waals surface area contributed by atoms with Crippen molar-refractivity contribution >= 4 is 34.3 Å². The summed E-state index contributed by atoms with van der Waals surface area (Å²) in [5.74, 6) is 0.745. The molecule has 25 heavy (non-hydrogen) atoms. The molecule has 0 bridgehead atoms. The summed E-state index contributed by atoms with van der Waals surface area (Å²) in [5.41, 5.74) is 0.594. The van der Waals surface area contributed by atoms with Crippen LogP contribution in [0.3, 0.4) is 0 Å². The molecular weight excluding hydrogens is 360 g/mol. The van der Waals surface area contributed by atoms with Crippen LogP contribution >= 0.6 is 23.4 Å². The number of hydrogen-bond donors (Lipinski definition) is 0. The molecule has 0 unspecified atom stereocenters. The molecule has 0 N–H and O–H groups in total. The number of aromatic nitrogens is 2. The van der Waals surface area contributed by atoms with E-state index < -0.39 is 0 Å². The normalized spacial score (nSPS) is 11.6. The number of hydrogen-bond acceptors (Lipinski definition) is 5. The summed E-state index contributed by atoms with van der Waals surface area (Å²) in [6.07, 6.45) is 0.950. The van der Waals surface area contributed by atoms with Crippen molar-refractivity contribution in [3.05, 3.63) is 33.6 Å². The number of fused-ring (bicyclic) bond motifs is 1. The minimum Gasteiger partial charge on any atom is -0.381 e. The highest BCUT2D eigenvalue weighted by Crippen LogP contribution is 2.20. The van der Waals surface area contributed by atoms with Crippen molar-refractivity contribution in [2.75, 3.05) is 25.6 Å². The van der Waals surface area contributed by atoms with Gasteiger partial charge in [-0.1, -0.05) is 23.4 Å². The average molecular weight is 385 g/mol. The molecule has 1 aromatic carbocycles. The lowest BCUT2D eigenvalue weighted by molar-refractivity contribution is 0.0743. The minimum atomic E-state index is -0.0369. The van der Waals surface area contributed by atoms with Crippen LogP contribution in [0.4, 0.5) is 0 Å². The van der Waals surface area contributed by atoms with Gasteiger partial charge in [0.25, 0.3) is 5.56 Å². The lowest BCUT2D eigenvalue weighted by atomic mass is 10.2. The molecule has 138 valence electrons. The van der Waals surface area contributed by atoms with E-state index in [9.17, 15) is 4.79 Å². The van der Waals surface area contributed by atoms with Crippen molar-refractivity contribution in [2.24, 2.45) is 0 Å². The topological polar surface area (TPSA) is 53.3 Å². The first-order valence-electron chi connectivity index (χ1n) is 8.55. The summed E-state index contributed by atoms with van der Waals surface area (Å²) in [6, 6.07) is 5.20. The Balaban J connectivity index is 2.25. The molecule has 0 fully saturated rings. The van der Waals surface area contributed by atoms with Gasteiger partial charge in [0.1, 0.15) is 0 Å². The molecule has 1 heterocycles. The van der Waals surface area contributed by atoms with E-state index in [2.05, 4.69) is 4.98 Å². The molecule has 0 radical (unpaired) electrons. The van der Waals surface area contributed by atoms with Gasteiger partial charge in [-0.3, -0.25) is 9.36 Å². The molecular formula is C18H25ClN2O3S. The Bertz CT molecular complexity index is 749. The van der Waals surface area contributed by atoms with E-state index in [1.807, 2.05) is 20.8 Å². The summed E-state index contributed by atoms with van der Waals surface area (Å²) >= 11 is 7.58. The maximum atomic E-state index is 12.9. The van der Waals surface area contributed by atoms with Crippen molar-refractivity contribution in [1.29, 1.82) is 0 Å². The van der Waals surface area contributed by atoms with E-state index in [1.165, 1.54) is 11.8 Å². The number of benzene rings is 1. The second kappa shape index (κ2) is 10.2. The third-order valence-corrected chi connectivity index (χ3v) is 4.70. The standard InChI is InChI=1S/C18H25ClN2O3S/c1-4-23-10-11-25-18-20-16-12-14(19)6-7-15(16)17(22)21(18)8-5-9-24-13(2)3/h6-7,12-13H,4-5,8-11H2,1-3H3. The molecule has 2 rings (SSSR count). The minimum absolute atomic E-state index is 0.0369. The van der Waals surface area contributed by atoms with Crippen LogP contribution in [0.1, 0.15) is 27.2 Å². The first-order valence-corrected chi connectivity index (χ1v) is 9.91. The van der Waals surface area contributed by atoms with E-state index in [1.54, 1.807) is 22.8 Å². The van der Waals surface area contributed by atoms with Crippen LogP contribution in [0.5, 0.6) is 0 Å². The van der Waals surface area contributed by atoms with Gasteiger partial charge >= 0.3 is 0 Å². The lowest BCUT2D eigenvalue weighted by Gasteiger charge is -2.14. The molecule has 0 saturated carbocycles. The predicted octanol–water partition coefficient (Wildman–Crippen LogP) is 3.99. The van der Waals surface area contributed by atoms with E-state index in [0.29, 0.717) is 47.4 Å². The van der Waals surface area contributed by atoms with Crippen molar-refractivity contribution in [2.45, 2.75) is 45.0 Å². The number of halogens is 1. The van der Waals surface area contributed by atoms with Gasteiger partial charge in [-0.2, -0.15) is 0 Å². The maximum absolute atomic E-state index is 12.9. The smallest absolute Gasteiger partial charge is 0.262 e. The fourth-order valence-electron chi connectivity index (χ4n) is 2.36. The molecule has 0 aliphatic heterocycles. The highest BCUT2D eigenvalue weighted by atomic mass is 35.5. The van der Waals surface area contributed by atoms with E-state index in [0.717, 1.165) is 12.2 Å². The molecule has 0 aliphatic rings. The van der Waals surface area contributed by atoms with Gasteiger partial charge in [-0.15, -0.1) is 0 Å². The number of ether oxygens (including phenoxy) is 2. The van der Waals surface area contributed by atoms with Crippen LogP contribution in [0, 0.1) is 0 Å². The van der Waals surface area contributed by atoms with Crippen LogP contribution in [0.15, 0.2) is 28.2 Å². The first kappa shape index (κ1) is 20.2. The van der Waals surface area contributed by atoms with Crippen molar-refractivity contribution in [3.8, 4) is 0 Å². The second-order valence-electron chi connectivity index (χ2n) is 5.83. The quantitative estimate of drug-likeness (QED) is 0.352. The van der Waals surface area contributed by atoms with Gasteiger partial charge in [0, 0.05) is 30.5 Å². The monoisotopic (exact) mass is 384 g/mol. The van der Waals surface area contributed by atoms with E-state index in [-0.39, 0.29) is 11.7 Å². The summed E-state index contributed by atoms with van der Waals surface area (Å²) < 4.78 is 12.7. The molecule has 0 spiro atoms. The van der Waals surface area contributed by atoms with Gasteiger partial charge in [0.2, 0.25) is 0 Å². The van der Waals surface area contributed by atoms with Gasteiger partial charge in [0.15, 0.2) is 5.16 Å². The molecule has 7 heteroatoms. The van der Waals surface area contributed by atoms with Crippen LogP contribution in [0.2, 0.25) is 5.02 Å². The van der Waals surface area contributed by atoms with Gasteiger partial charge in [-0.05, 0) is 45.4 Å². The molecule has 5 nitrogen and oxygen atoms in total. The molecule has 1 aromatic heterocycles. The summed E-state index contributed by atoms with van der Waals surface area (Å²) in [5, 5.41) is 1.86. The zero-order chi connectivity index (χ0) is 18.2. The first-order chi connectivity index (χ1) is 12.0. The summed E-state index contributed by atoms with van der Waals surface area (Å²) in [6.45, 7) is 8.47. The molecule has 0 aliphatic carbocycles. The van der Waals surface area contributed by atoms with Crippen LogP contribution in [-0.4, -0.2) is 41.2 Å². The summed E-state index contributed by atoms with van der Waals surface area (Å²) in [4.78, 5) is 17.5. The lowest BCUT2D eigenvalue weighted by Crippen LogP contribution is -2.24. The molecule has 0 saturated heterocycles. The number of thioether (sulfide) groups is 1. The van der Waals surface area contributed by atoms with Crippen molar-refractivity contribution in [3.63, 3.8) is 0 Å². The van der Waals surface area contributed by atoms with Gasteiger partial charge < -0.3 is 9.47 Å². The van der Waals surface area contributed by atoms with Crippen LogP contribution in [0.25, 0.3) is 10.9 Å². The highest BCUT2D eigenvalue weighted by Gasteiger charge is 2.12. The van der Waals surface area contributed by atoms with E-state index >= 15 is 0 Å². The Morgan fingerprint density at radius 2 is 2.12 bits per heavy atom. The molecule has 0 amide bonds. The Hall–Kier alpha value is -1.08. The Kier molecular flexibility index (Phi) is 8.22. The zero-order valence-corrected chi connectivity index (χ0v) is 16.5. The third kappa shape index (κ3) is 5.99. The Morgan fingerprint density at radius 1 is 1.32 bits per heavy atom. The van der Waals surface area contributed by atoms with Crippen molar-refractivity contribution in [1.82, 2.24) is 9.55 Å². The maximum Gasteiger partial charge on any atom is 0.262 e. The number of nitrogens with zero attached hydrogens (tertiary/aromatic N) is 2.